The molecule has 0 unspecified atom stereocenters. The quantitative estimate of drug-likeness (QED) is 0.221. The van der Waals surface area contributed by atoms with Gasteiger partial charge >= 0.3 is 0 Å². The number of rotatable bonds is 5. The third-order valence-corrected chi connectivity index (χ3v) is 8.70. The molecule has 0 atom stereocenters. The molecule has 0 saturated carbocycles. The molecular weight excluding hydrogens is 548 g/mol. The van der Waals surface area contributed by atoms with E-state index in [1.807, 2.05) is 36.5 Å². The van der Waals surface area contributed by atoms with Gasteiger partial charge in [-0.2, -0.15) is 0 Å². The molecule has 8 rings (SSSR count). The highest BCUT2D eigenvalue weighted by Crippen LogP contribution is 2.40. The van der Waals surface area contributed by atoms with Crippen molar-refractivity contribution in [2.24, 2.45) is 0 Å². The number of aromatic nitrogens is 3. The maximum absolute atomic E-state index is 5.18. The van der Waals surface area contributed by atoms with Crippen molar-refractivity contribution in [2.45, 2.75) is 6.92 Å². The number of para-hydroxylation sites is 1. The first-order valence-corrected chi connectivity index (χ1v) is 15.2. The Balaban J connectivity index is 1.28. The van der Waals surface area contributed by atoms with Crippen LogP contribution >= 0.6 is 0 Å². The lowest BCUT2D eigenvalue weighted by Gasteiger charge is -2.18. The topological polar surface area (TPSA) is 50.7 Å². The molecule has 1 aliphatic heterocycles. The van der Waals surface area contributed by atoms with Crippen molar-refractivity contribution in [2.75, 3.05) is 11.9 Å². The molecule has 0 spiro atoms. The number of hydrogen-bond acceptors (Lipinski definition) is 4. The molecule has 4 heterocycles. The van der Waals surface area contributed by atoms with E-state index < -0.39 is 0 Å². The highest BCUT2D eigenvalue weighted by Gasteiger charge is 2.19. The summed E-state index contributed by atoms with van der Waals surface area (Å²) in [7, 11) is 0. The van der Waals surface area contributed by atoms with Crippen LogP contribution in [-0.2, 0) is 0 Å². The highest BCUT2D eigenvalue weighted by molar-refractivity contribution is 6.04. The van der Waals surface area contributed by atoms with Gasteiger partial charge in [-0.05, 0) is 58.5 Å². The first-order chi connectivity index (χ1) is 22.2. The number of fused-ring (bicyclic) bond motifs is 4. The Kier molecular flexibility index (Phi) is 6.54. The Morgan fingerprint density at radius 2 is 1.51 bits per heavy atom. The lowest BCUT2D eigenvalue weighted by atomic mass is 9.91. The van der Waals surface area contributed by atoms with Crippen molar-refractivity contribution in [1.29, 1.82) is 0 Å². The Labute approximate surface area is 262 Å². The number of nitrogens with one attached hydrogen (secondary N) is 1. The first-order valence-electron chi connectivity index (χ1n) is 15.2. The fourth-order valence-corrected chi connectivity index (χ4v) is 6.48. The van der Waals surface area contributed by atoms with E-state index in [2.05, 4.69) is 116 Å². The van der Waals surface area contributed by atoms with Crippen LogP contribution in [-0.4, -0.2) is 21.5 Å². The molecular formula is C41H30N4. The highest BCUT2D eigenvalue weighted by atomic mass is 14.9. The summed E-state index contributed by atoms with van der Waals surface area (Å²) in [5.41, 5.74) is 14.6. The van der Waals surface area contributed by atoms with Gasteiger partial charge in [-0.15, -0.1) is 0 Å². The second-order valence-corrected chi connectivity index (χ2v) is 11.3. The number of hydrogen-bond donors (Lipinski definition) is 1. The van der Waals surface area contributed by atoms with Crippen molar-refractivity contribution in [3.05, 3.63) is 145 Å². The van der Waals surface area contributed by atoms with Crippen molar-refractivity contribution in [3.8, 4) is 44.9 Å². The third kappa shape index (κ3) is 4.59. The summed E-state index contributed by atoms with van der Waals surface area (Å²) in [5.74, 6) is 0. The molecule has 4 heteroatoms. The maximum atomic E-state index is 5.18. The molecule has 0 radical (unpaired) electrons. The van der Waals surface area contributed by atoms with E-state index in [0.29, 0.717) is 0 Å². The molecule has 1 aliphatic rings. The van der Waals surface area contributed by atoms with Gasteiger partial charge < -0.3 is 5.32 Å². The van der Waals surface area contributed by atoms with Gasteiger partial charge in [-0.1, -0.05) is 116 Å². The van der Waals surface area contributed by atoms with Crippen LogP contribution < -0.4 is 5.32 Å². The Bertz CT molecular complexity index is 2280. The SMILES string of the molecule is C=Cc1ccc(-c2ccccc2)nc1-c1nc2ccccc2c(-c2ccc(-c3ccnc4c5c(ccc34)C=CCN5)cc2)c1C. The predicted molar refractivity (Wildman–Crippen MR) is 189 cm³/mol. The number of benzene rings is 4. The molecule has 0 bridgehead atoms. The van der Waals surface area contributed by atoms with Crippen LogP contribution in [0.15, 0.2) is 128 Å². The number of pyridine rings is 3. The van der Waals surface area contributed by atoms with E-state index in [1.165, 1.54) is 11.1 Å². The molecule has 0 saturated heterocycles. The van der Waals surface area contributed by atoms with Crippen molar-refractivity contribution < 1.29 is 0 Å². The van der Waals surface area contributed by atoms with Gasteiger partial charge in [0.2, 0.25) is 0 Å². The second kappa shape index (κ2) is 11.0. The number of anilines is 1. The van der Waals surface area contributed by atoms with Crippen LogP contribution in [0.3, 0.4) is 0 Å². The van der Waals surface area contributed by atoms with Gasteiger partial charge in [0.25, 0.3) is 0 Å². The standard InChI is InChI=1S/C41H30N4/c1-3-27-20-22-35(29-10-5-4-6-11-29)44-40(27)38-26(2)37(34-13-7-8-14-36(34)45-38)30-17-15-28(16-18-30)32-23-25-43-41-33(32)21-19-31-12-9-24-42-39(31)41/h3-23,25,42H,1,24H2,2H3. The minimum Gasteiger partial charge on any atom is -0.379 e. The zero-order valence-corrected chi connectivity index (χ0v) is 25.0. The molecule has 0 aliphatic carbocycles. The normalized spacial score (nSPS) is 12.2. The largest absolute Gasteiger partial charge is 0.379 e. The summed E-state index contributed by atoms with van der Waals surface area (Å²) in [4.78, 5) is 15.1. The van der Waals surface area contributed by atoms with Crippen LogP contribution in [0.2, 0.25) is 0 Å². The average molecular weight is 579 g/mol. The van der Waals surface area contributed by atoms with E-state index in [-0.39, 0.29) is 0 Å². The van der Waals surface area contributed by atoms with Crippen LogP contribution in [0.1, 0.15) is 16.7 Å². The van der Waals surface area contributed by atoms with Crippen molar-refractivity contribution in [3.63, 3.8) is 0 Å². The summed E-state index contributed by atoms with van der Waals surface area (Å²) in [6, 6.07) is 38.1. The van der Waals surface area contributed by atoms with Gasteiger partial charge in [-0.25, -0.2) is 9.97 Å². The third-order valence-electron chi connectivity index (χ3n) is 8.70. The van der Waals surface area contributed by atoms with E-state index >= 15 is 0 Å². The van der Waals surface area contributed by atoms with Crippen molar-refractivity contribution >= 4 is 39.6 Å². The Hall–Kier alpha value is -5.87. The van der Waals surface area contributed by atoms with Gasteiger partial charge in [0, 0.05) is 34.6 Å². The average Bonchev–Trinajstić information content (AvgIpc) is 3.11. The summed E-state index contributed by atoms with van der Waals surface area (Å²) in [6.07, 6.45) is 8.08. The van der Waals surface area contributed by atoms with Crippen LogP contribution in [0, 0.1) is 6.92 Å². The molecule has 214 valence electrons. The van der Waals surface area contributed by atoms with Gasteiger partial charge in [0.15, 0.2) is 0 Å². The van der Waals surface area contributed by atoms with Crippen LogP contribution in [0.25, 0.3) is 78.9 Å². The molecule has 4 nitrogen and oxygen atoms in total. The zero-order chi connectivity index (χ0) is 30.3. The maximum Gasteiger partial charge on any atom is 0.0968 e. The van der Waals surface area contributed by atoms with Gasteiger partial charge in [-0.3, -0.25) is 4.98 Å². The Morgan fingerprint density at radius 1 is 0.711 bits per heavy atom. The molecule has 0 amide bonds. The fourth-order valence-electron chi connectivity index (χ4n) is 6.48. The lowest BCUT2D eigenvalue weighted by Crippen LogP contribution is -2.05. The van der Waals surface area contributed by atoms with E-state index in [4.69, 9.17) is 15.0 Å². The van der Waals surface area contributed by atoms with Crippen LogP contribution in [0.5, 0.6) is 0 Å². The van der Waals surface area contributed by atoms with Gasteiger partial charge in [0.05, 0.1) is 33.8 Å². The second-order valence-electron chi connectivity index (χ2n) is 11.3. The summed E-state index contributed by atoms with van der Waals surface area (Å²) >= 11 is 0. The minimum absolute atomic E-state index is 0.814. The minimum atomic E-state index is 0.814. The smallest absolute Gasteiger partial charge is 0.0968 e. The molecule has 0 fully saturated rings. The first kappa shape index (κ1) is 26.7. The molecule has 45 heavy (non-hydrogen) atoms. The number of nitrogens with zero attached hydrogens (tertiary/aromatic N) is 3. The van der Waals surface area contributed by atoms with E-state index in [1.54, 1.807) is 0 Å². The molecule has 3 aromatic heterocycles. The molecule has 4 aromatic carbocycles. The van der Waals surface area contributed by atoms with Crippen molar-refractivity contribution in [1.82, 2.24) is 15.0 Å². The zero-order valence-electron chi connectivity index (χ0n) is 25.0. The van der Waals surface area contributed by atoms with E-state index in [0.717, 1.165) is 84.5 Å². The fraction of sp³-hybridized carbons (Fsp3) is 0.0488. The summed E-state index contributed by atoms with van der Waals surface area (Å²) < 4.78 is 0. The van der Waals surface area contributed by atoms with Gasteiger partial charge in [0.1, 0.15) is 0 Å². The Morgan fingerprint density at radius 3 is 2.36 bits per heavy atom. The molecule has 7 aromatic rings. The monoisotopic (exact) mass is 578 g/mol. The summed E-state index contributed by atoms with van der Waals surface area (Å²) in [5, 5.41) is 5.77. The molecule has 1 N–H and O–H groups in total. The lowest BCUT2D eigenvalue weighted by molar-refractivity contribution is 1.24. The predicted octanol–water partition coefficient (Wildman–Crippen LogP) is 10.2. The van der Waals surface area contributed by atoms with Crippen LogP contribution in [0.4, 0.5) is 5.69 Å². The van der Waals surface area contributed by atoms with E-state index in [9.17, 15) is 0 Å². The summed E-state index contributed by atoms with van der Waals surface area (Å²) in [6.45, 7) is 7.07.